The van der Waals surface area contributed by atoms with Crippen molar-refractivity contribution in [3.05, 3.63) is 93.9 Å². The summed E-state index contributed by atoms with van der Waals surface area (Å²) in [6, 6.07) is 8.94. The number of rotatable bonds is 7. The Morgan fingerprint density at radius 2 is 1.51 bits per heavy atom. The van der Waals surface area contributed by atoms with Gasteiger partial charge >= 0.3 is 12.4 Å². The summed E-state index contributed by atoms with van der Waals surface area (Å²) in [7, 11) is 0. The molecule has 2 aromatic carbocycles. The van der Waals surface area contributed by atoms with Gasteiger partial charge in [-0.25, -0.2) is 9.83 Å². The number of hydrogen-bond acceptors (Lipinski definition) is 3. The van der Waals surface area contributed by atoms with Crippen molar-refractivity contribution in [2.24, 2.45) is 5.41 Å². The van der Waals surface area contributed by atoms with Crippen molar-refractivity contribution < 1.29 is 31.4 Å². The molecule has 0 unspecified atom stereocenters. The Bertz CT molecular complexity index is 1300. The Morgan fingerprint density at radius 3 is 2.03 bits per heavy atom. The van der Waals surface area contributed by atoms with E-state index in [0.29, 0.717) is 44.7 Å². The number of alkyl halides is 6. The molecule has 0 spiro atoms. The number of aliphatic hydroxyl groups excluding tert-OH is 1. The molecule has 3 aromatic rings. The molecule has 2 heterocycles. The fraction of sp³-hybridized carbons (Fsp3) is 0.429. The predicted molar refractivity (Wildman–Crippen MR) is 133 cm³/mol. The molecule has 39 heavy (non-hydrogen) atoms. The highest BCUT2D eigenvalue weighted by molar-refractivity contribution is 5.45. The third-order valence-electron chi connectivity index (χ3n) is 7.41. The second kappa shape index (κ2) is 11.0. The minimum atomic E-state index is -4.91. The van der Waals surface area contributed by atoms with Crippen LogP contribution in [0.3, 0.4) is 0 Å². The Kier molecular flexibility index (Phi) is 8.09. The van der Waals surface area contributed by atoms with Crippen molar-refractivity contribution in [3.8, 4) is 0 Å². The lowest BCUT2D eigenvalue weighted by Crippen LogP contribution is -2.43. The quantitative estimate of drug-likeness (QED) is 0.265. The molecular weight excluding hydrogens is 522 g/mol. The molecule has 11 heteroatoms. The summed E-state index contributed by atoms with van der Waals surface area (Å²) in [6.45, 7) is 10.8. The first kappa shape index (κ1) is 28.6. The van der Waals surface area contributed by atoms with Gasteiger partial charge in [-0.3, -0.25) is 4.90 Å². The molecule has 0 atom stereocenters. The van der Waals surface area contributed by atoms with Gasteiger partial charge in [0, 0.05) is 25.9 Å². The molecule has 4 rings (SSSR count). The van der Waals surface area contributed by atoms with Gasteiger partial charge in [0.25, 0.3) is 0 Å². The van der Waals surface area contributed by atoms with Crippen LogP contribution in [0.15, 0.2) is 48.7 Å². The lowest BCUT2D eigenvalue weighted by molar-refractivity contribution is -0.143. The van der Waals surface area contributed by atoms with Crippen LogP contribution in [0.4, 0.5) is 32.0 Å². The van der Waals surface area contributed by atoms with Crippen molar-refractivity contribution in [1.29, 1.82) is 0 Å². The standard InChI is InChI=1S/C28H28F6N4O/c1-19-36-15-25(38(19)16-20-3-5-24(35-2)6-4-20)17-37-9-7-26(18-39,8-10-37)14-21-11-22(27(29,30)31)13-23(12-21)28(32,33)34/h3-6,11-13,15,39H,7-10,14,16-18H2,1H3. The smallest absolute Gasteiger partial charge is 0.396 e. The van der Waals surface area contributed by atoms with E-state index in [9.17, 15) is 31.4 Å². The van der Waals surface area contributed by atoms with Gasteiger partial charge in [0.15, 0.2) is 5.69 Å². The van der Waals surface area contributed by atoms with Crippen LogP contribution in [0.1, 0.15) is 46.6 Å². The van der Waals surface area contributed by atoms with Gasteiger partial charge in [-0.2, -0.15) is 26.3 Å². The molecule has 0 radical (unpaired) electrons. The van der Waals surface area contributed by atoms with E-state index in [4.69, 9.17) is 6.57 Å². The largest absolute Gasteiger partial charge is 0.416 e. The fourth-order valence-corrected chi connectivity index (χ4v) is 5.08. The van der Waals surface area contributed by atoms with Crippen LogP contribution < -0.4 is 0 Å². The van der Waals surface area contributed by atoms with Crippen molar-refractivity contribution in [3.63, 3.8) is 0 Å². The molecule has 0 saturated carbocycles. The molecule has 1 N–H and O–H groups in total. The van der Waals surface area contributed by atoms with Gasteiger partial charge in [-0.15, -0.1) is 0 Å². The first-order valence-corrected chi connectivity index (χ1v) is 12.4. The fourth-order valence-electron chi connectivity index (χ4n) is 5.08. The van der Waals surface area contributed by atoms with Crippen molar-refractivity contribution in [2.45, 2.75) is 51.6 Å². The number of aromatic nitrogens is 2. The van der Waals surface area contributed by atoms with E-state index in [-0.39, 0.29) is 24.7 Å². The first-order valence-electron chi connectivity index (χ1n) is 12.4. The number of likely N-dealkylation sites (tertiary alicyclic amines) is 1. The van der Waals surface area contributed by atoms with E-state index >= 15 is 0 Å². The second-order valence-corrected chi connectivity index (χ2v) is 10.2. The van der Waals surface area contributed by atoms with Gasteiger partial charge in [-0.1, -0.05) is 24.3 Å². The highest BCUT2D eigenvalue weighted by atomic mass is 19.4. The molecule has 208 valence electrons. The Hall–Kier alpha value is -3.36. The molecule has 1 saturated heterocycles. The number of halogens is 6. The summed E-state index contributed by atoms with van der Waals surface area (Å²) < 4.78 is 82.0. The molecule has 0 aliphatic carbocycles. The number of aryl methyl sites for hydroxylation is 1. The number of imidazole rings is 1. The van der Waals surface area contributed by atoms with E-state index in [2.05, 4.69) is 19.3 Å². The maximum Gasteiger partial charge on any atom is 0.416 e. The number of aliphatic hydroxyl groups is 1. The van der Waals surface area contributed by atoms with Gasteiger partial charge in [-0.05, 0) is 74.0 Å². The molecular formula is C28H28F6N4O. The van der Waals surface area contributed by atoms with E-state index in [1.54, 1.807) is 18.3 Å². The van der Waals surface area contributed by atoms with Crippen molar-refractivity contribution >= 4 is 5.69 Å². The third kappa shape index (κ3) is 6.81. The maximum atomic E-state index is 13.3. The second-order valence-electron chi connectivity index (χ2n) is 10.2. The van der Waals surface area contributed by atoms with Crippen LogP contribution in [-0.2, 0) is 31.9 Å². The lowest BCUT2D eigenvalue weighted by Gasteiger charge is -2.41. The van der Waals surface area contributed by atoms with Gasteiger partial charge in [0.1, 0.15) is 5.82 Å². The third-order valence-corrected chi connectivity index (χ3v) is 7.41. The molecule has 5 nitrogen and oxygen atoms in total. The van der Waals surface area contributed by atoms with Crippen LogP contribution in [0.5, 0.6) is 0 Å². The molecule has 1 aliphatic rings. The van der Waals surface area contributed by atoms with Gasteiger partial charge in [0.05, 0.1) is 23.4 Å². The normalized spacial score (nSPS) is 16.3. The summed E-state index contributed by atoms with van der Waals surface area (Å²) in [5.74, 6) is 0.825. The summed E-state index contributed by atoms with van der Waals surface area (Å²) in [4.78, 5) is 9.98. The Morgan fingerprint density at radius 1 is 0.923 bits per heavy atom. The van der Waals surface area contributed by atoms with E-state index in [1.807, 2.05) is 19.1 Å². The molecule has 0 bridgehead atoms. The SMILES string of the molecule is [C-]#[N+]c1ccc(Cn2c(CN3CCC(CO)(Cc4cc(C(F)(F)F)cc(C(F)(F)F)c4)CC3)cnc2C)cc1. The van der Waals surface area contributed by atoms with Gasteiger partial charge < -0.3 is 9.67 Å². The summed E-state index contributed by atoms with van der Waals surface area (Å²) >= 11 is 0. The zero-order chi connectivity index (χ0) is 28.4. The van der Waals surface area contributed by atoms with E-state index < -0.39 is 28.9 Å². The average molecular weight is 551 g/mol. The number of piperidine rings is 1. The molecule has 1 aliphatic heterocycles. The Labute approximate surface area is 222 Å². The summed E-state index contributed by atoms with van der Waals surface area (Å²) in [5, 5.41) is 10.2. The van der Waals surface area contributed by atoms with E-state index in [1.165, 1.54) is 0 Å². The maximum absolute atomic E-state index is 13.3. The zero-order valence-corrected chi connectivity index (χ0v) is 21.3. The number of hydrogen-bond donors (Lipinski definition) is 1. The highest BCUT2D eigenvalue weighted by Gasteiger charge is 2.39. The lowest BCUT2D eigenvalue weighted by atomic mass is 9.74. The monoisotopic (exact) mass is 550 g/mol. The predicted octanol–water partition coefficient (Wildman–Crippen LogP) is 6.65. The number of nitrogens with zero attached hydrogens (tertiary/aromatic N) is 4. The van der Waals surface area contributed by atoms with Crippen LogP contribution in [0, 0.1) is 18.9 Å². The Balaban J connectivity index is 1.46. The first-order chi connectivity index (χ1) is 18.3. The molecule has 1 aromatic heterocycles. The minimum absolute atomic E-state index is 0.0814. The van der Waals surface area contributed by atoms with Crippen molar-refractivity contribution in [1.82, 2.24) is 14.5 Å². The van der Waals surface area contributed by atoms with Crippen LogP contribution >= 0.6 is 0 Å². The average Bonchev–Trinajstić information content (AvgIpc) is 3.23. The topological polar surface area (TPSA) is 45.6 Å². The minimum Gasteiger partial charge on any atom is -0.396 e. The van der Waals surface area contributed by atoms with Crippen LogP contribution in [0.25, 0.3) is 4.85 Å². The summed E-state index contributed by atoms with van der Waals surface area (Å²) in [5.41, 5.74) is -1.05. The molecule has 0 amide bonds. The van der Waals surface area contributed by atoms with E-state index in [0.717, 1.165) is 29.2 Å². The summed E-state index contributed by atoms with van der Waals surface area (Å²) in [6.07, 6.45) is -7.27. The van der Waals surface area contributed by atoms with Gasteiger partial charge in [0.2, 0.25) is 0 Å². The van der Waals surface area contributed by atoms with Crippen LogP contribution in [-0.4, -0.2) is 39.3 Å². The van der Waals surface area contributed by atoms with Crippen LogP contribution in [0.2, 0.25) is 0 Å². The number of benzene rings is 2. The zero-order valence-electron chi connectivity index (χ0n) is 21.3. The van der Waals surface area contributed by atoms with Crippen molar-refractivity contribution in [2.75, 3.05) is 19.7 Å². The highest BCUT2D eigenvalue weighted by Crippen LogP contribution is 2.40. The molecule has 1 fully saturated rings.